The second-order valence-electron chi connectivity index (χ2n) is 5.06. The molecule has 0 radical (unpaired) electrons. The van der Waals surface area contributed by atoms with E-state index in [0.29, 0.717) is 16.8 Å². The maximum absolute atomic E-state index is 11.8. The third-order valence-corrected chi connectivity index (χ3v) is 2.98. The van der Waals surface area contributed by atoms with Crippen LogP contribution >= 0.6 is 0 Å². The lowest BCUT2D eigenvalue weighted by Gasteiger charge is -2.21. The molecule has 6 heteroatoms. The Bertz CT molecular complexity index is 681. The van der Waals surface area contributed by atoms with Crippen molar-refractivity contribution in [3.05, 3.63) is 28.7 Å². The summed E-state index contributed by atoms with van der Waals surface area (Å²) in [5, 5.41) is 0. The molecule has 0 atom stereocenters. The van der Waals surface area contributed by atoms with Crippen LogP contribution in [0.2, 0.25) is 0 Å². The zero-order chi connectivity index (χ0) is 14.2. The van der Waals surface area contributed by atoms with E-state index in [1.807, 2.05) is 0 Å². The van der Waals surface area contributed by atoms with E-state index in [1.54, 1.807) is 32.0 Å². The molecule has 1 heterocycles. The van der Waals surface area contributed by atoms with Gasteiger partial charge in [-0.25, -0.2) is 4.79 Å². The summed E-state index contributed by atoms with van der Waals surface area (Å²) in [5.74, 6) is -0.907. The van der Waals surface area contributed by atoms with Crippen LogP contribution in [0.25, 0.3) is 11.1 Å². The molecule has 6 nitrogen and oxygen atoms in total. The number of nitrogen functional groups attached to an aromatic ring is 1. The Balaban J connectivity index is 2.51. The summed E-state index contributed by atoms with van der Waals surface area (Å²) < 4.78 is 11.2. The first-order valence-corrected chi connectivity index (χ1v) is 5.82. The number of rotatable bonds is 3. The number of benzene rings is 1. The zero-order valence-corrected chi connectivity index (χ0v) is 11.1. The highest BCUT2D eigenvalue weighted by Crippen LogP contribution is 2.23. The summed E-state index contributed by atoms with van der Waals surface area (Å²) in [6.07, 6.45) is 0. The number of hydrogen-bond acceptors (Lipinski definition) is 5. The number of methoxy groups -OCH3 is 1. The number of fused-ring (bicyclic) bond motifs is 1. The van der Waals surface area contributed by atoms with Crippen molar-refractivity contribution in [2.75, 3.05) is 12.8 Å². The zero-order valence-electron chi connectivity index (χ0n) is 11.1. The van der Waals surface area contributed by atoms with E-state index >= 15 is 0 Å². The fourth-order valence-corrected chi connectivity index (χ4v) is 1.96. The number of carbonyl (C=O) groups is 1. The van der Waals surface area contributed by atoms with Crippen LogP contribution in [-0.2, 0) is 16.1 Å². The van der Waals surface area contributed by atoms with Gasteiger partial charge in [0.25, 0.3) is 0 Å². The Morgan fingerprint density at radius 1 is 1.47 bits per heavy atom. The van der Waals surface area contributed by atoms with E-state index in [1.165, 1.54) is 11.7 Å². The SMILES string of the molecule is COC(=O)C(C)(C)Cn1c(=O)oc2ccc(N)cc21. The van der Waals surface area contributed by atoms with Gasteiger partial charge in [-0.3, -0.25) is 9.36 Å². The molecule has 2 rings (SSSR count). The van der Waals surface area contributed by atoms with Gasteiger partial charge < -0.3 is 14.9 Å². The summed E-state index contributed by atoms with van der Waals surface area (Å²) in [4.78, 5) is 23.5. The fraction of sp³-hybridized carbons (Fsp3) is 0.385. The van der Waals surface area contributed by atoms with Gasteiger partial charge in [0.2, 0.25) is 0 Å². The van der Waals surface area contributed by atoms with E-state index in [4.69, 9.17) is 14.9 Å². The van der Waals surface area contributed by atoms with Crippen LogP contribution in [0.5, 0.6) is 0 Å². The molecule has 0 unspecified atom stereocenters. The Morgan fingerprint density at radius 2 is 2.16 bits per heavy atom. The van der Waals surface area contributed by atoms with E-state index in [9.17, 15) is 9.59 Å². The molecule has 0 spiro atoms. The molecule has 0 saturated heterocycles. The molecule has 0 aliphatic carbocycles. The van der Waals surface area contributed by atoms with Crippen LogP contribution in [-0.4, -0.2) is 17.6 Å². The third kappa shape index (κ3) is 2.33. The largest absolute Gasteiger partial charge is 0.469 e. The van der Waals surface area contributed by atoms with Gasteiger partial charge >= 0.3 is 11.7 Å². The molecule has 0 fully saturated rings. The lowest BCUT2D eigenvalue weighted by molar-refractivity contribution is -0.151. The van der Waals surface area contributed by atoms with Gasteiger partial charge in [0.15, 0.2) is 5.58 Å². The number of ether oxygens (including phenoxy) is 1. The molecule has 0 bridgehead atoms. The number of hydrogen-bond donors (Lipinski definition) is 1. The van der Waals surface area contributed by atoms with Gasteiger partial charge in [-0.15, -0.1) is 0 Å². The number of aromatic nitrogens is 1. The molecule has 1 aromatic carbocycles. The molecule has 19 heavy (non-hydrogen) atoms. The first-order valence-electron chi connectivity index (χ1n) is 5.82. The van der Waals surface area contributed by atoms with Crippen molar-refractivity contribution in [2.45, 2.75) is 20.4 Å². The molecule has 2 aromatic rings. The Labute approximate surface area is 109 Å². The van der Waals surface area contributed by atoms with E-state index in [-0.39, 0.29) is 6.54 Å². The standard InChI is InChI=1S/C13H16N2O4/c1-13(2,11(16)18-3)7-15-9-6-8(14)4-5-10(9)19-12(15)17/h4-6H,7,14H2,1-3H3. The maximum atomic E-state index is 11.8. The van der Waals surface area contributed by atoms with Crippen molar-refractivity contribution < 1.29 is 13.9 Å². The average Bonchev–Trinajstić information content (AvgIpc) is 2.64. The van der Waals surface area contributed by atoms with Crippen molar-refractivity contribution in [2.24, 2.45) is 5.41 Å². The third-order valence-electron chi connectivity index (χ3n) is 2.98. The monoisotopic (exact) mass is 264 g/mol. The quantitative estimate of drug-likeness (QED) is 0.668. The van der Waals surface area contributed by atoms with Crippen molar-refractivity contribution in [3.8, 4) is 0 Å². The topological polar surface area (TPSA) is 87.5 Å². The molecule has 0 aliphatic rings. The van der Waals surface area contributed by atoms with Crippen molar-refractivity contribution in [1.29, 1.82) is 0 Å². The predicted octanol–water partition coefficient (Wildman–Crippen LogP) is 1.38. The summed E-state index contributed by atoms with van der Waals surface area (Å²) >= 11 is 0. The lowest BCUT2D eigenvalue weighted by atomic mass is 9.93. The normalized spacial score (nSPS) is 11.7. The summed E-state index contributed by atoms with van der Waals surface area (Å²) in [7, 11) is 1.32. The number of esters is 1. The molecule has 0 amide bonds. The van der Waals surface area contributed by atoms with Crippen LogP contribution in [0.3, 0.4) is 0 Å². The van der Waals surface area contributed by atoms with Gasteiger partial charge in [-0.05, 0) is 32.0 Å². The summed E-state index contributed by atoms with van der Waals surface area (Å²) in [6, 6.07) is 4.93. The minimum Gasteiger partial charge on any atom is -0.469 e. The smallest absolute Gasteiger partial charge is 0.419 e. The molecular weight excluding hydrogens is 248 g/mol. The number of carbonyl (C=O) groups excluding carboxylic acids is 1. The number of nitrogens with zero attached hydrogens (tertiary/aromatic N) is 1. The van der Waals surface area contributed by atoms with Gasteiger partial charge in [-0.1, -0.05) is 0 Å². The summed E-state index contributed by atoms with van der Waals surface area (Å²) in [6.45, 7) is 3.57. The van der Waals surface area contributed by atoms with Crippen LogP contribution in [0, 0.1) is 5.41 Å². The fourth-order valence-electron chi connectivity index (χ4n) is 1.96. The van der Waals surface area contributed by atoms with E-state index in [0.717, 1.165) is 0 Å². The molecule has 102 valence electrons. The van der Waals surface area contributed by atoms with Gasteiger partial charge in [0.05, 0.1) is 18.0 Å². The van der Waals surface area contributed by atoms with Gasteiger partial charge in [0.1, 0.15) is 0 Å². The van der Waals surface area contributed by atoms with Gasteiger partial charge in [0, 0.05) is 12.2 Å². The molecule has 2 N–H and O–H groups in total. The Morgan fingerprint density at radius 3 is 2.79 bits per heavy atom. The Hall–Kier alpha value is -2.24. The second-order valence-corrected chi connectivity index (χ2v) is 5.06. The first kappa shape index (κ1) is 13.2. The maximum Gasteiger partial charge on any atom is 0.419 e. The van der Waals surface area contributed by atoms with Crippen molar-refractivity contribution in [3.63, 3.8) is 0 Å². The first-order chi connectivity index (χ1) is 8.85. The van der Waals surface area contributed by atoms with Crippen LogP contribution < -0.4 is 11.5 Å². The van der Waals surface area contributed by atoms with E-state index in [2.05, 4.69) is 0 Å². The van der Waals surface area contributed by atoms with Crippen molar-refractivity contribution in [1.82, 2.24) is 4.57 Å². The minimum atomic E-state index is -0.833. The highest BCUT2D eigenvalue weighted by atomic mass is 16.5. The molecule has 1 aromatic heterocycles. The highest BCUT2D eigenvalue weighted by Gasteiger charge is 2.31. The van der Waals surface area contributed by atoms with Gasteiger partial charge in [-0.2, -0.15) is 0 Å². The lowest BCUT2D eigenvalue weighted by Crippen LogP contribution is -2.33. The Kier molecular flexibility index (Phi) is 3.09. The summed E-state index contributed by atoms with van der Waals surface area (Å²) in [5.41, 5.74) is 6.41. The van der Waals surface area contributed by atoms with Crippen LogP contribution in [0.4, 0.5) is 5.69 Å². The second kappa shape index (κ2) is 4.46. The number of anilines is 1. The number of nitrogens with two attached hydrogens (primary N) is 1. The molecular formula is C13H16N2O4. The molecule has 0 saturated carbocycles. The minimum absolute atomic E-state index is 0.162. The average molecular weight is 264 g/mol. The molecule has 0 aliphatic heterocycles. The number of oxazole rings is 1. The van der Waals surface area contributed by atoms with Crippen molar-refractivity contribution >= 4 is 22.8 Å². The van der Waals surface area contributed by atoms with Crippen LogP contribution in [0.1, 0.15) is 13.8 Å². The van der Waals surface area contributed by atoms with Crippen LogP contribution in [0.15, 0.2) is 27.4 Å². The van der Waals surface area contributed by atoms with E-state index < -0.39 is 17.1 Å². The highest BCUT2D eigenvalue weighted by molar-refractivity contribution is 5.78. The predicted molar refractivity (Wildman–Crippen MR) is 70.7 cm³/mol.